The van der Waals surface area contributed by atoms with Crippen LogP contribution in [0.15, 0.2) is 18.2 Å². The molecule has 0 unspecified atom stereocenters. The summed E-state index contributed by atoms with van der Waals surface area (Å²) in [5.74, 6) is -0.0658. The summed E-state index contributed by atoms with van der Waals surface area (Å²) in [4.78, 5) is 13.5. The number of para-hydroxylation sites is 1. The number of nitriles is 1. The van der Waals surface area contributed by atoms with Gasteiger partial charge in [-0.2, -0.15) is 5.26 Å². The van der Waals surface area contributed by atoms with Crippen molar-refractivity contribution in [3.8, 4) is 6.07 Å². The van der Waals surface area contributed by atoms with Crippen LogP contribution in [0.3, 0.4) is 0 Å². The van der Waals surface area contributed by atoms with Crippen molar-refractivity contribution in [2.45, 2.75) is 19.9 Å². The molecule has 0 saturated carbocycles. The molecule has 4 heteroatoms. The van der Waals surface area contributed by atoms with Gasteiger partial charge in [-0.15, -0.1) is 0 Å². The Morgan fingerprint density at radius 1 is 1.50 bits per heavy atom. The lowest BCUT2D eigenvalue weighted by atomic mass is 10.1. The zero-order chi connectivity index (χ0) is 11.7. The van der Waals surface area contributed by atoms with Crippen LogP contribution in [0.5, 0.6) is 0 Å². The third kappa shape index (κ3) is 1.61. The van der Waals surface area contributed by atoms with Gasteiger partial charge in [-0.25, -0.2) is 0 Å². The van der Waals surface area contributed by atoms with Gasteiger partial charge in [-0.05, 0) is 26.0 Å². The van der Waals surface area contributed by atoms with Gasteiger partial charge in [0.2, 0.25) is 5.91 Å². The topological polar surface area (TPSA) is 56.1 Å². The maximum absolute atomic E-state index is 11.5. The first-order chi connectivity index (χ1) is 7.63. The molecule has 1 aliphatic heterocycles. The molecule has 1 aromatic carbocycles. The quantitative estimate of drug-likeness (QED) is 0.776. The maximum atomic E-state index is 11.5. The number of anilines is 2. The molecule has 0 atom stereocenters. The third-order valence-electron chi connectivity index (χ3n) is 2.67. The monoisotopic (exact) mass is 215 g/mol. The summed E-state index contributed by atoms with van der Waals surface area (Å²) in [5.41, 5.74) is 2.07. The molecule has 0 aliphatic carbocycles. The summed E-state index contributed by atoms with van der Waals surface area (Å²) in [5, 5.41) is 11.7. The van der Waals surface area contributed by atoms with Crippen LogP contribution in [0, 0.1) is 11.3 Å². The number of carbonyl (C=O) groups is 1. The van der Waals surface area contributed by atoms with E-state index in [1.54, 1.807) is 6.07 Å². The standard InChI is InChI=1S/C12H13N3O/c1-8(2)15-7-11(16)14-12-9(6-13)4-3-5-10(12)15/h3-5,8H,7H2,1-2H3,(H,14,16). The van der Waals surface area contributed by atoms with E-state index in [9.17, 15) is 4.79 Å². The highest BCUT2D eigenvalue weighted by Gasteiger charge is 2.25. The number of carbonyl (C=O) groups excluding carboxylic acids is 1. The van der Waals surface area contributed by atoms with Crippen LogP contribution >= 0.6 is 0 Å². The fourth-order valence-corrected chi connectivity index (χ4v) is 1.88. The summed E-state index contributed by atoms with van der Waals surface area (Å²) in [6.45, 7) is 4.41. The predicted octanol–water partition coefficient (Wildman–Crippen LogP) is 1.73. The van der Waals surface area contributed by atoms with E-state index < -0.39 is 0 Å². The van der Waals surface area contributed by atoms with Crippen molar-refractivity contribution in [2.24, 2.45) is 0 Å². The highest BCUT2D eigenvalue weighted by atomic mass is 16.2. The Bertz CT molecular complexity index is 474. The van der Waals surface area contributed by atoms with E-state index in [4.69, 9.17) is 5.26 Å². The van der Waals surface area contributed by atoms with Gasteiger partial charge in [-0.1, -0.05) is 6.07 Å². The Labute approximate surface area is 94.5 Å². The SMILES string of the molecule is CC(C)N1CC(=O)Nc2c(C#N)cccc21. The second kappa shape index (κ2) is 3.86. The van der Waals surface area contributed by atoms with Crippen molar-refractivity contribution < 1.29 is 4.79 Å². The van der Waals surface area contributed by atoms with E-state index in [-0.39, 0.29) is 11.9 Å². The Morgan fingerprint density at radius 2 is 2.25 bits per heavy atom. The van der Waals surface area contributed by atoms with Gasteiger partial charge in [0, 0.05) is 6.04 Å². The zero-order valence-corrected chi connectivity index (χ0v) is 9.32. The smallest absolute Gasteiger partial charge is 0.243 e. The lowest BCUT2D eigenvalue weighted by Crippen LogP contribution is -2.42. The van der Waals surface area contributed by atoms with Gasteiger partial charge in [0.05, 0.1) is 23.5 Å². The molecule has 4 nitrogen and oxygen atoms in total. The fraction of sp³-hybridized carbons (Fsp3) is 0.333. The van der Waals surface area contributed by atoms with Crippen LogP contribution in [0.1, 0.15) is 19.4 Å². The minimum atomic E-state index is -0.0658. The van der Waals surface area contributed by atoms with Crippen LogP contribution in [0.25, 0.3) is 0 Å². The van der Waals surface area contributed by atoms with E-state index in [1.165, 1.54) is 0 Å². The summed E-state index contributed by atoms with van der Waals surface area (Å²) in [6, 6.07) is 7.80. The molecule has 1 aromatic rings. The molecule has 0 spiro atoms. The first-order valence-electron chi connectivity index (χ1n) is 5.23. The van der Waals surface area contributed by atoms with Crippen molar-refractivity contribution in [1.82, 2.24) is 0 Å². The Balaban J connectivity index is 2.56. The van der Waals surface area contributed by atoms with Gasteiger partial charge < -0.3 is 10.2 Å². The number of rotatable bonds is 1. The van der Waals surface area contributed by atoms with Crippen molar-refractivity contribution in [1.29, 1.82) is 5.26 Å². The molecular formula is C12H13N3O. The second-order valence-corrected chi connectivity index (χ2v) is 4.08. The number of amides is 1. The molecule has 2 rings (SSSR count). The molecule has 82 valence electrons. The van der Waals surface area contributed by atoms with Crippen LogP contribution in [0.4, 0.5) is 11.4 Å². The molecule has 0 aromatic heterocycles. The highest BCUT2D eigenvalue weighted by Crippen LogP contribution is 2.33. The number of fused-ring (bicyclic) bond motifs is 1. The van der Waals surface area contributed by atoms with Crippen LogP contribution in [-0.4, -0.2) is 18.5 Å². The van der Waals surface area contributed by atoms with E-state index in [2.05, 4.69) is 11.4 Å². The van der Waals surface area contributed by atoms with Gasteiger partial charge in [0.25, 0.3) is 0 Å². The van der Waals surface area contributed by atoms with Crippen molar-refractivity contribution >= 4 is 17.3 Å². The van der Waals surface area contributed by atoms with E-state index in [0.29, 0.717) is 17.8 Å². The molecule has 0 bridgehead atoms. The maximum Gasteiger partial charge on any atom is 0.243 e. The number of nitrogens with zero attached hydrogens (tertiary/aromatic N) is 2. The zero-order valence-electron chi connectivity index (χ0n) is 9.32. The Hall–Kier alpha value is -2.02. The van der Waals surface area contributed by atoms with Crippen LogP contribution in [0.2, 0.25) is 0 Å². The fourth-order valence-electron chi connectivity index (χ4n) is 1.88. The normalized spacial score (nSPS) is 14.4. The van der Waals surface area contributed by atoms with Gasteiger partial charge in [0.1, 0.15) is 6.07 Å². The second-order valence-electron chi connectivity index (χ2n) is 4.08. The van der Waals surface area contributed by atoms with E-state index >= 15 is 0 Å². The van der Waals surface area contributed by atoms with E-state index in [1.807, 2.05) is 30.9 Å². The highest BCUT2D eigenvalue weighted by molar-refractivity contribution is 6.02. The minimum absolute atomic E-state index is 0.0658. The Morgan fingerprint density at radius 3 is 2.88 bits per heavy atom. The molecule has 1 aliphatic rings. The minimum Gasteiger partial charge on any atom is -0.358 e. The lowest BCUT2D eigenvalue weighted by molar-refractivity contribution is -0.115. The molecule has 0 fully saturated rings. The van der Waals surface area contributed by atoms with Crippen molar-refractivity contribution in [3.05, 3.63) is 23.8 Å². The van der Waals surface area contributed by atoms with Gasteiger partial charge >= 0.3 is 0 Å². The molecule has 16 heavy (non-hydrogen) atoms. The van der Waals surface area contributed by atoms with Gasteiger partial charge in [0.15, 0.2) is 0 Å². The average molecular weight is 215 g/mol. The summed E-state index contributed by atoms with van der Waals surface area (Å²) in [6.07, 6.45) is 0. The number of benzene rings is 1. The lowest BCUT2D eigenvalue weighted by Gasteiger charge is -2.34. The van der Waals surface area contributed by atoms with Crippen molar-refractivity contribution in [2.75, 3.05) is 16.8 Å². The van der Waals surface area contributed by atoms with Crippen LogP contribution < -0.4 is 10.2 Å². The summed E-state index contributed by atoms with van der Waals surface area (Å²) >= 11 is 0. The number of hydrogen-bond donors (Lipinski definition) is 1. The molecule has 0 radical (unpaired) electrons. The summed E-state index contributed by atoms with van der Waals surface area (Å²) < 4.78 is 0. The first-order valence-corrected chi connectivity index (χ1v) is 5.23. The predicted molar refractivity (Wildman–Crippen MR) is 62.3 cm³/mol. The van der Waals surface area contributed by atoms with E-state index in [0.717, 1.165) is 5.69 Å². The van der Waals surface area contributed by atoms with Crippen molar-refractivity contribution in [3.63, 3.8) is 0 Å². The summed E-state index contributed by atoms with van der Waals surface area (Å²) in [7, 11) is 0. The molecule has 1 amide bonds. The number of hydrogen-bond acceptors (Lipinski definition) is 3. The molecular weight excluding hydrogens is 202 g/mol. The molecule has 1 N–H and O–H groups in total. The number of nitrogens with one attached hydrogen (secondary N) is 1. The van der Waals surface area contributed by atoms with Gasteiger partial charge in [-0.3, -0.25) is 4.79 Å². The average Bonchev–Trinajstić information content (AvgIpc) is 2.27. The first kappa shape index (κ1) is 10.5. The third-order valence-corrected chi connectivity index (χ3v) is 2.67. The Kier molecular flexibility index (Phi) is 2.53. The largest absolute Gasteiger partial charge is 0.358 e. The molecule has 1 heterocycles. The van der Waals surface area contributed by atoms with Crippen LogP contribution in [-0.2, 0) is 4.79 Å². The molecule has 0 saturated heterocycles.